The fraction of sp³-hybridized carbons (Fsp3) is 0.440. The summed E-state index contributed by atoms with van der Waals surface area (Å²) >= 11 is 0. The molecule has 2 saturated heterocycles. The van der Waals surface area contributed by atoms with Crippen molar-refractivity contribution in [2.24, 2.45) is 0 Å². The number of nitrogens with zero attached hydrogens (tertiary/aromatic N) is 11. The molecule has 14 heteroatoms. The second-order valence-electron chi connectivity index (χ2n) is 10.2. The Morgan fingerprint density at radius 1 is 1.18 bits per heavy atom. The third-order valence-electron chi connectivity index (χ3n) is 7.41. The first-order chi connectivity index (χ1) is 19.0. The van der Waals surface area contributed by atoms with E-state index in [0.29, 0.717) is 42.4 Å². The van der Waals surface area contributed by atoms with Crippen molar-refractivity contribution in [3.05, 3.63) is 48.7 Å². The van der Waals surface area contributed by atoms with Gasteiger partial charge in [0.25, 0.3) is 0 Å². The number of aromatic nitrogens is 7. The maximum absolute atomic E-state index is 12.6. The highest BCUT2D eigenvalue weighted by Crippen LogP contribution is 2.37. The summed E-state index contributed by atoms with van der Waals surface area (Å²) in [4.78, 5) is 23.6. The number of hydrogen-bond acceptors (Lipinski definition) is 10. The zero-order valence-corrected chi connectivity index (χ0v) is 21.7. The minimum absolute atomic E-state index is 0.0537. The molecule has 6 rings (SSSR count). The third kappa shape index (κ3) is 4.77. The molecule has 0 unspecified atom stereocenters. The molecule has 0 aliphatic carbocycles. The van der Waals surface area contributed by atoms with Crippen LogP contribution >= 0.6 is 0 Å². The van der Waals surface area contributed by atoms with Gasteiger partial charge in [0.2, 0.25) is 11.9 Å². The molecule has 2 aliphatic heterocycles. The third-order valence-corrected chi connectivity index (χ3v) is 7.41. The molecular formula is C25H30N12O2. The number of carbonyl (C=O) groups is 1. The molecule has 6 heterocycles. The van der Waals surface area contributed by atoms with Crippen LogP contribution in [0, 0.1) is 11.3 Å². The molecule has 4 aromatic heterocycles. The zero-order valence-electron chi connectivity index (χ0n) is 21.7. The Morgan fingerprint density at radius 3 is 2.74 bits per heavy atom. The van der Waals surface area contributed by atoms with Crippen LogP contribution in [0.4, 0.5) is 17.3 Å². The molecule has 0 bridgehead atoms. The highest BCUT2D eigenvalue weighted by atomic mass is 16.3. The number of aliphatic hydroxyl groups excluding tert-OH is 1. The molecule has 202 valence electrons. The molecule has 0 atom stereocenters. The van der Waals surface area contributed by atoms with Gasteiger partial charge in [-0.3, -0.25) is 14.2 Å². The van der Waals surface area contributed by atoms with Crippen LogP contribution in [-0.4, -0.2) is 101 Å². The Kier molecular flexibility index (Phi) is 6.37. The Morgan fingerprint density at radius 2 is 2.00 bits per heavy atom. The summed E-state index contributed by atoms with van der Waals surface area (Å²) in [6, 6.07) is 6.17. The monoisotopic (exact) mass is 530 g/mol. The summed E-state index contributed by atoms with van der Waals surface area (Å²) in [6.45, 7) is 4.47. The largest absolute Gasteiger partial charge is 0.392 e. The SMILES string of the molecule is CN1CCN(C(=O)Cn2cc(Nc3nc4c(N5CC(CC#N)(n6cc(CO)cn6)C5)cccn4n3)cn2)CC1. The fourth-order valence-corrected chi connectivity index (χ4v) is 5.15. The van der Waals surface area contributed by atoms with Crippen molar-refractivity contribution >= 4 is 28.9 Å². The Bertz CT molecular complexity index is 1520. The van der Waals surface area contributed by atoms with Gasteiger partial charge < -0.3 is 25.1 Å². The lowest BCUT2D eigenvalue weighted by Crippen LogP contribution is -2.63. The van der Waals surface area contributed by atoms with Gasteiger partial charge in [-0.25, -0.2) is 4.52 Å². The predicted octanol–water partition coefficient (Wildman–Crippen LogP) is 0.261. The van der Waals surface area contributed by atoms with Crippen LogP contribution in [0.2, 0.25) is 0 Å². The summed E-state index contributed by atoms with van der Waals surface area (Å²) in [5.74, 6) is 0.467. The highest BCUT2D eigenvalue weighted by Gasteiger charge is 2.46. The summed E-state index contributed by atoms with van der Waals surface area (Å²) in [5, 5.41) is 35.4. The van der Waals surface area contributed by atoms with E-state index in [1.54, 1.807) is 38.7 Å². The topological polar surface area (TPSA) is 149 Å². The van der Waals surface area contributed by atoms with Gasteiger partial charge in [-0.1, -0.05) is 0 Å². The van der Waals surface area contributed by atoms with E-state index >= 15 is 0 Å². The number of nitriles is 1. The van der Waals surface area contributed by atoms with E-state index in [-0.39, 0.29) is 19.1 Å². The van der Waals surface area contributed by atoms with Gasteiger partial charge in [0, 0.05) is 63.4 Å². The van der Waals surface area contributed by atoms with E-state index in [1.165, 1.54) is 0 Å². The molecule has 2 aliphatic rings. The van der Waals surface area contributed by atoms with Crippen molar-refractivity contribution in [1.82, 2.24) is 44.0 Å². The quantitative estimate of drug-likeness (QED) is 0.325. The van der Waals surface area contributed by atoms with Crippen molar-refractivity contribution in [1.29, 1.82) is 5.26 Å². The lowest BCUT2D eigenvalue weighted by Gasteiger charge is -2.50. The van der Waals surface area contributed by atoms with Crippen molar-refractivity contribution in [2.45, 2.75) is 25.1 Å². The van der Waals surface area contributed by atoms with Crippen LogP contribution in [0.15, 0.2) is 43.1 Å². The number of pyridine rings is 1. The molecule has 14 nitrogen and oxygen atoms in total. The van der Waals surface area contributed by atoms with Crippen LogP contribution in [0.5, 0.6) is 0 Å². The van der Waals surface area contributed by atoms with E-state index in [0.717, 1.165) is 31.9 Å². The highest BCUT2D eigenvalue weighted by molar-refractivity contribution is 5.76. The number of carbonyl (C=O) groups excluding carboxylic acids is 1. The number of piperazine rings is 1. The molecule has 2 fully saturated rings. The Hall–Kier alpha value is -4.48. The normalized spacial score (nSPS) is 17.3. The van der Waals surface area contributed by atoms with Crippen LogP contribution in [-0.2, 0) is 23.5 Å². The minimum atomic E-state index is -0.466. The van der Waals surface area contributed by atoms with E-state index < -0.39 is 5.54 Å². The second kappa shape index (κ2) is 10.0. The van der Waals surface area contributed by atoms with Crippen molar-refractivity contribution in [2.75, 3.05) is 56.5 Å². The molecule has 4 aromatic rings. The Balaban J connectivity index is 1.14. The van der Waals surface area contributed by atoms with Crippen LogP contribution in [0.3, 0.4) is 0 Å². The summed E-state index contributed by atoms with van der Waals surface area (Å²) in [5.41, 5.74) is 2.52. The maximum Gasteiger partial charge on any atom is 0.247 e. The van der Waals surface area contributed by atoms with Crippen LogP contribution < -0.4 is 10.2 Å². The minimum Gasteiger partial charge on any atom is -0.392 e. The number of hydrogen-bond donors (Lipinski definition) is 2. The van der Waals surface area contributed by atoms with Gasteiger partial charge in [0.15, 0.2) is 5.65 Å². The molecule has 0 radical (unpaired) electrons. The van der Waals surface area contributed by atoms with Crippen molar-refractivity contribution in [3.63, 3.8) is 0 Å². The number of aliphatic hydroxyl groups is 1. The number of nitrogens with one attached hydrogen (secondary N) is 1. The van der Waals surface area contributed by atoms with Crippen LogP contribution in [0.25, 0.3) is 5.65 Å². The second-order valence-corrected chi connectivity index (χ2v) is 10.2. The van der Waals surface area contributed by atoms with Crippen molar-refractivity contribution in [3.8, 4) is 6.07 Å². The average molecular weight is 531 g/mol. The molecule has 0 spiro atoms. The summed E-state index contributed by atoms with van der Waals surface area (Å²) < 4.78 is 5.12. The molecule has 0 saturated carbocycles. The van der Waals surface area contributed by atoms with E-state index in [9.17, 15) is 15.2 Å². The number of likely N-dealkylation sites (N-methyl/N-ethyl adjacent to an activating group) is 1. The predicted molar refractivity (Wildman–Crippen MR) is 141 cm³/mol. The molecule has 2 N–H and O–H groups in total. The Labute approximate surface area is 224 Å². The van der Waals surface area contributed by atoms with Gasteiger partial charge in [-0.05, 0) is 19.2 Å². The van der Waals surface area contributed by atoms with Gasteiger partial charge in [0.05, 0.1) is 42.9 Å². The molecule has 0 aromatic carbocycles. The molecular weight excluding hydrogens is 500 g/mol. The average Bonchev–Trinajstić information content (AvgIpc) is 3.66. The van der Waals surface area contributed by atoms with Gasteiger partial charge in [-0.2, -0.15) is 20.4 Å². The van der Waals surface area contributed by atoms with E-state index in [1.807, 2.05) is 23.2 Å². The van der Waals surface area contributed by atoms with E-state index in [4.69, 9.17) is 4.98 Å². The van der Waals surface area contributed by atoms with Gasteiger partial charge in [-0.15, -0.1) is 5.10 Å². The van der Waals surface area contributed by atoms with Gasteiger partial charge >= 0.3 is 0 Å². The lowest BCUT2D eigenvalue weighted by atomic mass is 9.86. The first-order valence-electron chi connectivity index (χ1n) is 12.8. The number of amides is 1. The van der Waals surface area contributed by atoms with Gasteiger partial charge in [0.1, 0.15) is 12.1 Å². The zero-order chi connectivity index (χ0) is 27.0. The lowest BCUT2D eigenvalue weighted by molar-refractivity contribution is -0.133. The number of fused-ring (bicyclic) bond motifs is 1. The first-order valence-corrected chi connectivity index (χ1v) is 12.8. The maximum atomic E-state index is 12.6. The standard InChI is InChI=1S/C25H30N12O2/c1-32-7-9-33(10-8-32)22(39)15-35-14-20(12-27-35)29-24-30-23-21(3-2-6-36(23)31-24)34-17-25(18-34,4-5-26)37-13-19(16-38)11-28-37/h2-3,6,11-14,38H,4,7-10,15-18H2,1H3,(H,29,31). The summed E-state index contributed by atoms with van der Waals surface area (Å²) in [7, 11) is 2.06. The number of anilines is 3. The number of rotatable bonds is 8. The van der Waals surface area contributed by atoms with E-state index in [2.05, 4.69) is 43.5 Å². The summed E-state index contributed by atoms with van der Waals surface area (Å²) in [6.07, 6.45) is 8.99. The smallest absolute Gasteiger partial charge is 0.247 e. The molecule has 1 amide bonds. The molecule has 39 heavy (non-hydrogen) atoms. The van der Waals surface area contributed by atoms with Crippen molar-refractivity contribution < 1.29 is 9.90 Å². The first kappa shape index (κ1) is 24.8. The fourth-order valence-electron chi connectivity index (χ4n) is 5.15. The van der Waals surface area contributed by atoms with Crippen LogP contribution in [0.1, 0.15) is 12.0 Å².